The first-order chi connectivity index (χ1) is 13.6. The number of anilines is 1. The van der Waals surface area contributed by atoms with E-state index in [1.807, 2.05) is 0 Å². The molecule has 1 saturated heterocycles. The molecule has 10 nitrogen and oxygen atoms in total. The summed E-state index contributed by atoms with van der Waals surface area (Å²) in [6, 6.07) is 4.78. The number of carbonyl (C=O) groups excluding carboxylic acids is 3. The van der Waals surface area contributed by atoms with Gasteiger partial charge in [0.25, 0.3) is 5.69 Å². The Balaban J connectivity index is 1.89. The molecule has 1 fully saturated rings. The van der Waals surface area contributed by atoms with Crippen molar-refractivity contribution in [2.24, 2.45) is 5.92 Å². The van der Waals surface area contributed by atoms with Crippen molar-refractivity contribution in [3.63, 3.8) is 0 Å². The van der Waals surface area contributed by atoms with Gasteiger partial charge < -0.3 is 20.3 Å². The number of nitrogens with one attached hydrogen (secondary N) is 2. The Morgan fingerprint density at radius 3 is 2.31 bits per heavy atom. The number of hydrogen-bond donors (Lipinski definition) is 2. The number of nitrogens with zero attached hydrogens (tertiary/aromatic N) is 2. The SMILES string of the molecule is CCOC(=O)C1CCN(C(=O)C(C)(C)NC(=O)Nc2ccc([N+](=O)[O-])cc2)CC1. The number of likely N-dealkylation sites (tertiary alicyclic amines) is 1. The van der Waals surface area contributed by atoms with Gasteiger partial charge in [-0.05, 0) is 45.7 Å². The fourth-order valence-electron chi connectivity index (χ4n) is 3.14. The molecule has 0 bridgehead atoms. The minimum atomic E-state index is -1.17. The van der Waals surface area contributed by atoms with E-state index >= 15 is 0 Å². The van der Waals surface area contributed by atoms with Crippen LogP contribution in [0.25, 0.3) is 0 Å². The van der Waals surface area contributed by atoms with Gasteiger partial charge >= 0.3 is 12.0 Å². The third kappa shape index (κ3) is 5.90. The van der Waals surface area contributed by atoms with Gasteiger partial charge in [-0.1, -0.05) is 0 Å². The predicted octanol–water partition coefficient (Wildman–Crippen LogP) is 2.30. The van der Waals surface area contributed by atoms with Gasteiger partial charge in [0, 0.05) is 30.9 Å². The van der Waals surface area contributed by atoms with Crippen molar-refractivity contribution in [2.75, 3.05) is 25.0 Å². The summed E-state index contributed by atoms with van der Waals surface area (Å²) in [7, 11) is 0. The van der Waals surface area contributed by atoms with E-state index in [0.29, 0.717) is 38.2 Å². The van der Waals surface area contributed by atoms with Crippen LogP contribution in [-0.4, -0.2) is 53.0 Å². The number of urea groups is 1. The van der Waals surface area contributed by atoms with Gasteiger partial charge in [-0.3, -0.25) is 19.7 Å². The van der Waals surface area contributed by atoms with Crippen LogP contribution in [0.15, 0.2) is 24.3 Å². The quantitative estimate of drug-likeness (QED) is 0.423. The van der Waals surface area contributed by atoms with Gasteiger partial charge in [0.15, 0.2) is 0 Å². The molecule has 1 aromatic rings. The summed E-state index contributed by atoms with van der Waals surface area (Å²) in [6.45, 7) is 6.12. The third-order valence-electron chi connectivity index (χ3n) is 4.70. The Morgan fingerprint density at radius 2 is 1.79 bits per heavy atom. The Kier molecular flexibility index (Phi) is 7.13. The molecule has 2 N–H and O–H groups in total. The number of rotatable bonds is 6. The van der Waals surface area contributed by atoms with Crippen LogP contribution in [0.5, 0.6) is 0 Å². The standard InChI is InChI=1S/C19H26N4O6/c1-4-29-16(24)13-9-11-22(12-10-13)17(25)19(2,3)21-18(26)20-14-5-7-15(8-6-14)23(27)28/h5-8,13H,4,9-12H2,1-3H3,(H2,20,21,26). The van der Waals surface area contributed by atoms with Crippen LogP contribution in [0.3, 0.4) is 0 Å². The van der Waals surface area contributed by atoms with Crippen molar-refractivity contribution < 1.29 is 24.0 Å². The number of ether oxygens (including phenoxy) is 1. The Hall–Kier alpha value is -3.17. The van der Waals surface area contributed by atoms with E-state index < -0.39 is 16.5 Å². The minimum Gasteiger partial charge on any atom is -0.466 e. The first-order valence-corrected chi connectivity index (χ1v) is 9.43. The topological polar surface area (TPSA) is 131 Å². The summed E-state index contributed by atoms with van der Waals surface area (Å²) >= 11 is 0. The van der Waals surface area contributed by atoms with Crippen LogP contribution in [0.4, 0.5) is 16.2 Å². The zero-order valence-electron chi connectivity index (χ0n) is 16.8. The number of nitro benzene ring substituents is 1. The van der Waals surface area contributed by atoms with Gasteiger partial charge in [0.2, 0.25) is 5.91 Å². The van der Waals surface area contributed by atoms with Crippen LogP contribution < -0.4 is 10.6 Å². The molecule has 0 spiro atoms. The van der Waals surface area contributed by atoms with Crippen LogP contribution in [-0.2, 0) is 14.3 Å². The molecule has 0 saturated carbocycles. The summed E-state index contributed by atoms with van der Waals surface area (Å²) < 4.78 is 5.03. The average molecular weight is 406 g/mol. The van der Waals surface area contributed by atoms with E-state index in [9.17, 15) is 24.5 Å². The molecule has 3 amide bonds. The molecule has 1 aromatic carbocycles. The lowest BCUT2D eigenvalue weighted by molar-refractivity contribution is -0.384. The summed E-state index contributed by atoms with van der Waals surface area (Å²) in [5.41, 5.74) is -0.883. The minimum absolute atomic E-state index is 0.0855. The molecule has 0 radical (unpaired) electrons. The van der Waals surface area contributed by atoms with E-state index in [2.05, 4.69) is 10.6 Å². The molecule has 1 aliphatic rings. The first kappa shape index (κ1) is 22.1. The van der Waals surface area contributed by atoms with Gasteiger partial charge in [-0.25, -0.2) is 4.79 Å². The van der Waals surface area contributed by atoms with Gasteiger partial charge in [0.05, 0.1) is 17.4 Å². The van der Waals surface area contributed by atoms with Gasteiger partial charge in [-0.15, -0.1) is 0 Å². The Morgan fingerprint density at radius 1 is 1.21 bits per heavy atom. The molecular formula is C19H26N4O6. The van der Waals surface area contributed by atoms with Crippen LogP contribution >= 0.6 is 0 Å². The van der Waals surface area contributed by atoms with Crippen LogP contribution in [0.2, 0.25) is 0 Å². The van der Waals surface area contributed by atoms with Crippen molar-refractivity contribution in [3.8, 4) is 0 Å². The largest absolute Gasteiger partial charge is 0.466 e. The molecule has 29 heavy (non-hydrogen) atoms. The molecule has 1 aliphatic heterocycles. The average Bonchev–Trinajstić information content (AvgIpc) is 2.67. The molecule has 0 atom stereocenters. The maximum atomic E-state index is 12.8. The van der Waals surface area contributed by atoms with Gasteiger partial charge in [0.1, 0.15) is 5.54 Å². The predicted molar refractivity (Wildman–Crippen MR) is 105 cm³/mol. The zero-order chi connectivity index (χ0) is 21.6. The first-order valence-electron chi connectivity index (χ1n) is 9.43. The number of benzene rings is 1. The van der Waals surface area contributed by atoms with Crippen molar-refractivity contribution in [3.05, 3.63) is 34.4 Å². The second-order valence-electron chi connectivity index (χ2n) is 7.33. The smallest absolute Gasteiger partial charge is 0.320 e. The number of amides is 3. The van der Waals surface area contributed by atoms with Crippen LogP contribution in [0.1, 0.15) is 33.6 Å². The molecule has 2 rings (SSSR count). The van der Waals surface area contributed by atoms with E-state index in [1.165, 1.54) is 24.3 Å². The molecule has 0 unspecified atom stereocenters. The lowest BCUT2D eigenvalue weighted by Gasteiger charge is -2.36. The number of piperidine rings is 1. The summed E-state index contributed by atoms with van der Waals surface area (Å²) in [5.74, 6) is -0.696. The third-order valence-corrected chi connectivity index (χ3v) is 4.70. The number of carbonyl (C=O) groups is 3. The highest BCUT2D eigenvalue weighted by Gasteiger charge is 2.36. The van der Waals surface area contributed by atoms with Crippen LogP contribution in [0, 0.1) is 16.0 Å². The second kappa shape index (κ2) is 9.35. The van der Waals surface area contributed by atoms with Crippen molar-refractivity contribution in [1.82, 2.24) is 10.2 Å². The molecule has 158 valence electrons. The summed E-state index contributed by atoms with van der Waals surface area (Å²) in [4.78, 5) is 48.7. The van der Waals surface area contributed by atoms with E-state index in [-0.39, 0.29) is 23.5 Å². The van der Waals surface area contributed by atoms with E-state index in [1.54, 1.807) is 25.7 Å². The molecule has 10 heteroatoms. The summed E-state index contributed by atoms with van der Waals surface area (Å²) in [5, 5.41) is 15.9. The maximum absolute atomic E-state index is 12.8. The number of nitro groups is 1. The molecule has 0 aliphatic carbocycles. The highest BCUT2D eigenvalue weighted by molar-refractivity contribution is 5.95. The second-order valence-corrected chi connectivity index (χ2v) is 7.33. The van der Waals surface area contributed by atoms with E-state index in [0.717, 1.165) is 0 Å². The summed E-state index contributed by atoms with van der Waals surface area (Å²) in [6.07, 6.45) is 1.05. The molecular weight excluding hydrogens is 380 g/mol. The lowest BCUT2D eigenvalue weighted by atomic mass is 9.94. The van der Waals surface area contributed by atoms with Crippen molar-refractivity contribution >= 4 is 29.3 Å². The number of hydrogen-bond acceptors (Lipinski definition) is 6. The van der Waals surface area contributed by atoms with Gasteiger partial charge in [-0.2, -0.15) is 0 Å². The molecule has 0 aromatic heterocycles. The number of non-ortho nitro benzene ring substituents is 1. The Labute approximate surface area is 168 Å². The number of esters is 1. The van der Waals surface area contributed by atoms with E-state index in [4.69, 9.17) is 4.74 Å². The van der Waals surface area contributed by atoms with Crippen molar-refractivity contribution in [1.29, 1.82) is 0 Å². The van der Waals surface area contributed by atoms with Crippen molar-refractivity contribution in [2.45, 2.75) is 39.2 Å². The maximum Gasteiger partial charge on any atom is 0.320 e. The highest BCUT2D eigenvalue weighted by atomic mass is 16.6. The Bertz CT molecular complexity index is 769. The molecule has 1 heterocycles. The lowest BCUT2D eigenvalue weighted by Crippen LogP contribution is -2.58. The fourth-order valence-corrected chi connectivity index (χ4v) is 3.14. The normalized spacial score (nSPS) is 14.8. The fraction of sp³-hybridized carbons (Fsp3) is 0.526. The zero-order valence-corrected chi connectivity index (χ0v) is 16.8. The highest BCUT2D eigenvalue weighted by Crippen LogP contribution is 2.21. The monoisotopic (exact) mass is 406 g/mol.